The summed E-state index contributed by atoms with van der Waals surface area (Å²) in [7, 11) is 0. The molecule has 0 spiro atoms. The van der Waals surface area contributed by atoms with E-state index in [0.29, 0.717) is 29.1 Å². The van der Waals surface area contributed by atoms with Gasteiger partial charge in [-0.1, -0.05) is 30.2 Å². The molecule has 1 saturated carbocycles. The Labute approximate surface area is 92.8 Å². The van der Waals surface area contributed by atoms with Crippen molar-refractivity contribution in [1.29, 1.82) is 0 Å². The van der Waals surface area contributed by atoms with Gasteiger partial charge >= 0.3 is 5.97 Å². The number of carboxylic acids is 1. The molecule has 0 atom stereocenters. The van der Waals surface area contributed by atoms with Gasteiger partial charge in [-0.05, 0) is 24.5 Å². The van der Waals surface area contributed by atoms with Gasteiger partial charge in [0.1, 0.15) is 0 Å². The van der Waals surface area contributed by atoms with Crippen molar-refractivity contribution >= 4 is 23.3 Å². The van der Waals surface area contributed by atoms with E-state index in [-0.39, 0.29) is 0 Å². The second-order valence-electron chi connectivity index (χ2n) is 3.94. The summed E-state index contributed by atoms with van der Waals surface area (Å²) in [6, 6.07) is 5.18. The topological polar surface area (TPSA) is 63.3 Å². The molecule has 0 radical (unpaired) electrons. The molecule has 0 aromatic heterocycles. The van der Waals surface area contributed by atoms with Crippen molar-refractivity contribution < 1.29 is 9.90 Å². The van der Waals surface area contributed by atoms with Crippen LogP contribution in [0.25, 0.3) is 0 Å². The number of halogens is 1. The minimum absolute atomic E-state index is 0.404. The van der Waals surface area contributed by atoms with Crippen LogP contribution >= 0.6 is 11.6 Å². The second kappa shape index (κ2) is 3.42. The zero-order valence-electron chi connectivity index (χ0n) is 8.16. The predicted octanol–water partition coefficient (Wildman–Crippen LogP) is 2.43. The number of carbonyl (C=O) groups is 1. The number of nitrogens with two attached hydrogens (primary N) is 1. The number of anilines is 1. The van der Waals surface area contributed by atoms with Crippen molar-refractivity contribution in [1.82, 2.24) is 0 Å². The maximum atomic E-state index is 11.3. The molecule has 0 heterocycles. The molecule has 1 aliphatic rings. The lowest BCUT2D eigenvalue weighted by molar-refractivity contribution is -0.147. The molecule has 0 unspecified atom stereocenters. The van der Waals surface area contributed by atoms with Gasteiger partial charge in [-0.3, -0.25) is 4.79 Å². The van der Waals surface area contributed by atoms with Crippen molar-refractivity contribution in [2.45, 2.75) is 24.7 Å². The summed E-state index contributed by atoms with van der Waals surface area (Å²) in [5.74, 6) is -0.803. The summed E-state index contributed by atoms with van der Waals surface area (Å²) in [6.45, 7) is 0. The summed E-state index contributed by atoms with van der Waals surface area (Å²) in [5.41, 5.74) is 6.09. The number of hydrogen-bond acceptors (Lipinski definition) is 2. The summed E-state index contributed by atoms with van der Waals surface area (Å²) < 4.78 is 0. The smallest absolute Gasteiger partial charge is 0.314 e. The lowest BCUT2D eigenvalue weighted by Gasteiger charge is -2.38. The van der Waals surface area contributed by atoms with Crippen LogP contribution in [-0.4, -0.2) is 11.1 Å². The quantitative estimate of drug-likeness (QED) is 0.760. The predicted molar refractivity (Wildman–Crippen MR) is 59.0 cm³/mol. The van der Waals surface area contributed by atoms with Crippen LogP contribution in [-0.2, 0) is 10.2 Å². The van der Waals surface area contributed by atoms with E-state index in [9.17, 15) is 9.90 Å². The minimum Gasteiger partial charge on any atom is -0.481 e. The number of nitrogen functional groups attached to an aromatic ring is 1. The zero-order chi connectivity index (χ0) is 11.1. The molecule has 0 bridgehead atoms. The fraction of sp³-hybridized carbons (Fsp3) is 0.364. The van der Waals surface area contributed by atoms with Crippen molar-refractivity contribution in [2.24, 2.45) is 0 Å². The van der Waals surface area contributed by atoms with E-state index >= 15 is 0 Å². The van der Waals surface area contributed by atoms with Crippen LogP contribution in [0.5, 0.6) is 0 Å². The van der Waals surface area contributed by atoms with Gasteiger partial charge in [0.25, 0.3) is 0 Å². The van der Waals surface area contributed by atoms with Gasteiger partial charge in [0, 0.05) is 0 Å². The first-order chi connectivity index (χ1) is 7.08. The van der Waals surface area contributed by atoms with Crippen LogP contribution in [0.4, 0.5) is 5.69 Å². The molecule has 0 saturated heterocycles. The monoisotopic (exact) mass is 225 g/mol. The first kappa shape index (κ1) is 10.3. The van der Waals surface area contributed by atoms with Crippen molar-refractivity contribution in [3.05, 3.63) is 28.8 Å². The van der Waals surface area contributed by atoms with E-state index < -0.39 is 11.4 Å². The Bertz CT molecular complexity index is 413. The Morgan fingerprint density at radius 3 is 2.60 bits per heavy atom. The first-order valence-corrected chi connectivity index (χ1v) is 5.23. The molecule has 2 rings (SSSR count). The number of para-hydroxylation sites is 1. The van der Waals surface area contributed by atoms with Crippen LogP contribution in [0.2, 0.25) is 5.02 Å². The number of benzene rings is 1. The first-order valence-electron chi connectivity index (χ1n) is 4.86. The number of aliphatic carboxylic acids is 1. The molecule has 0 aliphatic heterocycles. The Balaban J connectivity index is 2.53. The molecule has 0 amide bonds. The molecule has 3 nitrogen and oxygen atoms in total. The third-order valence-corrected chi connectivity index (χ3v) is 3.51. The highest BCUT2D eigenvalue weighted by Gasteiger charge is 2.47. The average molecular weight is 226 g/mol. The maximum absolute atomic E-state index is 11.3. The summed E-state index contributed by atoms with van der Waals surface area (Å²) >= 11 is 5.89. The molecule has 15 heavy (non-hydrogen) atoms. The summed E-state index contributed by atoms with van der Waals surface area (Å²) in [4.78, 5) is 11.3. The average Bonchev–Trinajstić information content (AvgIpc) is 2.09. The van der Waals surface area contributed by atoms with E-state index in [0.717, 1.165) is 6.42 Å². The Hall–Kier alpha value is -1.22. The minimum atomic E-state index is -0.803. The number of carboxylic acid groups (broad SMARTS) is 1. The molecule has 1 aromatic rings. The zero-order valence-corrected chi connectivity index (χ0v) is 8.92. The molecular weight excluding hydrogens is 214 g/mol. The van der Waals surface area contributed by atoms with Gasteiger partial charge in [-0.25, -0.2) is 0 Å². The van der Waals surface area contributed by atoms with E-state index in [4.69, 9.17) is 17.3 Å². The number of hydrogen-bond donors (Lipinski definition) is 2. The number of rotatable bonds is 2. The molecule has 1 aromatic carbocycles. The van der Waals surface area contributed by atoms with Crippen LogP contribution in [0.1, 0.15) is 24.8 Å². The van der Waals surface area contributed by atoms with E-state index in [1.54, 1.807) is 18.2 Å². The fourth-order valence-electron chi connectivity index (χ4n) is 2.08. The van der Waals surface area contributed by atoms with Gasteiger partial charge in [0.05, 0.1) is 16.1 Å². The lowest BCUT2D eigenvalue weighted by atomic mass is 9.64. The van der Waals surface area contributed by atoms with Crippen LogP contribution in [0.15, 0.2) is 18.2 Å². The van der Waals surface area contributed by atoms with Crippen molar-refractivity contribution in [2.75, 3.05) is 5.73 Å². The summed E-state index contributed by atoms with van der Waals surface area (Å²) in [5, 5.41) is 9.68. The van der Waals surface area contributed by atoms with Gasteiger partial charge in [-0.15, -0.1) is 0 Å². The Morgan fingerprint density at radius 1 is 1.47 bits per heavy atom. The van der Waals surface area contributed by atoms with Crippen molar-refractivity contribution in [3.8, 4) is 0 Å². The highest BCUT2D eigenvalue weighted by molar-refractivity contribution is 6.33. The third kappa shape index (κ3) is 1.38. The Morgan fingerprint density at radius 2 is 2.13 bits per heavy atom. The molecular formula is C11H12ClNO2. The van der Waals surface area contributed by atoms with E-state index in [2.05, 4.69) is 0 Å². The van der Waals surface area contributed by atoms with Crippen LogP contribution in [0, 0.1) is 0 Å². The van der Waals surface area contributed by atoms with Gasteiger partial charge in [0.15, 0.2) is 0 Å². The Kier molecular flexibility index (Phi) is 2.35. The van der Waals surface area contributed by atoms with Gasteiger partial charge in [-0.2, -0.15) is 0 Å². The third-order valence-electron chi connectivity index (χ3n) is 3.18. The normalized spacial score (nSPS) is 18.2. The van der Waals surface area contributed by atoms with Crippen LogP contribution in [0.3, 0.4) is 0 Å². The molecule has 4 heteroatoms. The second-order valence-corrected chi connectivity index (χ2v) is 4.35. The SMILES string of the molecule is Nc1c(Cl)cccc1C1(C(=O)O)CCC1. The largest absolute Gasteiger partial charge is 0.481 e. The highest BCUT2D eigenvalue weighted by Crippen LogP contribution is 2.47. The van der Waals surface area contributed by atoms with Gasteiger partial charge < -0.3 is 10.8 Å². The molecule has 1 aliphatic carbocycles. The molecule has 80 valence electrons. The highest BCUT2D eigenvalue weighted by atomic mass is 35.5. The standard InChI is InChI=1S/C11H12ClNO2/c12-8-4-1-3-7(9(8)13)11(10(14)15)5-2-6-11/h1,3-4H,2,5-6,13H2,(H,14,15). The lowest BCUT2D eigenvalue weighted by Crippen LogP contribution is -2.42. The van der Waals surface area contributed by atoms with Crippen LogP contribution < -0.4 is 5.73 Å². The van der Waals surface area contributed by atoms with Crippen molar-refractivity contribution in [3.63, 3.8) is 0 Å². The van der Waals surface area contributed by atoms with E-state index in [1.165, 1.54) is 0 Å². The van der Waals surface area contributed by atoms with Gasteiger partial charge in [0.2, 0.25) is 0 Å². The fourth-order valence-corrected chi connectivity index (χ4v) is 2.26. The molecule has 1 fully saturated rings. The maximum Gasteiger partial charge on any atom is 0.314 e. The summed E-state index contributed by atoms with van der Waals surface area (Å²) in [6.07, 6.45) is 2.22. The molecule has 3 N–H and O–H groups in total. The van der Waals surface area contributed by atoms with E-state index in [1.807, 2.05) is 0 Å².